The summed E-state index contributed by atoms with van der Waals surface area (Å²) < 4.78 is 40.9. The van der Waals surface area contributed by atoms with Crippen LogP contribution >= 0.6 is 0 Å². The molecule has 0 N–H and O–H groups in total. The van der Waals surface area contributed by atoms with E-state index in [1.54, 1.807) is 18.2 Å². The molecule has 4 aromatic rings. The fourth-order valence-electron chi connectivity index (χ4n) is 3.80. The van der Waals surface area contributed by atoms with E-state index in [1.807, 2.05) is 57.2 Å². The molecule has 34 heavy (non-hydrogen) atoms. The average Bonchev–Trinajstić information content (AvgIpc) is 2.94. The molecular formula is C26H21N3O3S2. The van der Waals surface area contributed by atoms with Gasteiger partial charge >= 0.3 is 0 Å². The Morgan fingerprint density at radius 2 is 1.38 bits per heavy atom. The molecular weight excluding hydrogens is 466 g/mol. The van der Waals surface area contributed by atoms with Gasteiger partial charge in [-0.2, -0.15) is 0 Å². The standard InChI is InChI=1S/C26H21N3O3S2/c1-16-4-9-19(10-5-16)23-21-14-18(3)8-13-22(21)33(30)25-24(29-23)26(28-15-27-25)34(31,32)20-11-6-17(2)7-12-20/h4-15H,1-3H3. The zero-order valence-corrected chi connectivity index (χ0v) is 20.4. The normalized spacial score (nSPS) is 15.1. The molecule has 0 radical (unpaired) electrons. The highest BCUT2D eigenvalue weighted by atomic mass is 32.2. The van der Waals surface area contributed by atoms with E-state index in [0.29, 0.717) is 16.2 Å². The number of nitrogens with zero attached hydrogens (tertiary/aromatic N) is 3. The first-order valence-electron chi connectivity index (χ1n) is 10.6. The highest BCUT2D eigenvalue weighted by Gasteiger charge is 2.32. The van der Waals surface area contributed by atoms with Crippen molar-refractivity contribution in [3.8, 4) is 0 Å². The van der Waals surface area contributed by atoms with Gasteiger partial charge in [-0.3, -0.25) is 0 Å². The number of hydrogen-bond acceptors (Lipinski definition) is 6. The van der Waals surface area contributed by atoms with Crippen LogP contribution in [-0.2, 0) is 20.6 Å². The van der Waals surface area contributed by atoms with Crippen molar-refractivity contribution in [3.63, 3.8) is 0 Å². The summed E-state index contributed by atoms with van der Waals surface area (Å²) in [7, 11) is -5.79. The number of aromatic nitrogens is 2. The van der Waals surface area contributed by atoms with Crippen LogP contribution in [0, 0.1) is 20.8 Å². The first kappa shape index (κ1) is 22.3. The Morgan fingerprint density at radius 1 is 0.765 bits per heavy atom. The third-order valence-electron chi connectivity index (χ3n) is 5.66. The van der Waals surface area contributed by atoms with E-state index < -0.39 is 20.6 Å². The molecule has 0 bridgehead atoms. The lowest BCUT2D eigenvalue weighted by molar-refractivity contribution is 0.591. The smallest absolute Gasteiger partial charge is 0.226 e. The van der Waals surface area contributed by atoms with Gasteiger partial charge in [0.25, 0.3) is 0 Å². The molecule has 3 aromatic carbocycles. The van der Waals surface area contributed by atoms with Crippen LogP contribution in [0.25, 0.3) is 0 Å². The molecule has 1 aliphatic heterocycles. The Kier molecular flexibility index (Phi) is 5.50. The van der Waals surface area contributed by atoms with Gasteiger partial charge in [0.2, 0.25) is 9.84 Å². The van der Waals surface area contributed by atoms with Crippen LogP contribution in [-0.4, -0.2) is 28.3 Å². The van der Waals surface area contributed by atoms with Crippen LogP contribution < -0.4 is 0 Å². The van der Waals surface area contributed by atoms with Gasteiger partial charge in [0.1, 0.15) is 22.8 Å². The molecule has 2 heterocycles. The summed E-state index contributed by atoms with van der Waals surface area (Å²) in [6.45, 7) is 5.82. The van der Waals surface area contributed by atoms with E-state index in [9.17, 15) is 12.6 Å². The fourth-order valence-corrected chi connectivity index (χ4v) is 6.38. The third kappa shape index (κ3) is 3.78. The van der Waals surface area contributed by atoms with Gasteiger partial charge in [-0.1, -0.05) is 59.2 Å². The van der Waals surface area contributed by atoms with Gasteiger partial charge in [0.15, 0.2) is 10.1 Å². The second-order valence-corrected chi connectivity index (χ2v) is 11.5. The van der Waals surface area contributed by atoms with Crippen molar-refractivity contribution >= 4 is 32.0 Å². The lowest BCUT2D eigenvalue weighted by Crippen LogP contribution is -2.08. The van der Waals surface area contributed by atoms with Crippen molar-refractivity contribution in [1.29, 1.82) is 0 Å². The highest BCUT2D eigenvalue weighted by Crippen LogP contribution is 2.38. The molecule has 0 fully saturated rings. The molecule has 0 amide bonds. The number of hydrogen-bond donors (Lipinski definition) is 0. The van der Waals surface area contributed by atoms with Crippen molar-refractivity contribution in [2.75, 3.05) is 0 Å². The largest absolute Gasteiger partial charge is 0.247 e. The minimum Gasteiger partial charge on any atom is -0.247 e. The molecule has 170 valence electrons. The molecule has 5 rings (SSSR count). The molecule has 0 aliphatic carbocycles. The molecule has 8 heteroatoms. The van der Waals surface area contributed by atoms with Crippen molar-refractivity contribution in [2.45, 2.75) is 40.6 Å². The number of rotatable bonds is 3. The van der Waals surface area contributed by atoms with Gasteiger partial charge in [-0.05, 0) is 45.0 Å². The highest BCUT2D eigenvalue weighted by molar-refractivity contribution is 7.91. The Hall–Kier alpha value is -3.49. The lowest BCUT2D eigenvalue weighted by atomic mass is 9.99. The van der Waals surface area contributed by atoms with E-state index in [-0.39, 0.29) is 20.6 Å². The molecule has 1 aliphatic rings. The predicted octanol–water partition coefficient (Wildman–Crippen LogP) is 4.88. The van der Waals surface area contributed by atoms with Crippen LogP contribution in [0.5, 0.6) is 0 Å². The molecule has 0 saturated heterocycles. The van der Waals surface area contributed by atoms with Crippen molar-refractivity contribution in [3.05, 3.63) is 101 Å². The summed E-state index contributed by atoms with van der Waals surface area (Å²) in [6, 6.07) is 19.9. The minimum atomic E-state index is -4.04. The summed E-state index contributed by atoms with van der Waals surface area (Å²) in [5.41, 5.74) is 4.99. The first-order valence-corrected chi connectivity index (χ1v) is 13.2. The second-order valence-electron chi connectivity index (χ2n) is 8.24. The van der Waals surface area contributed by atoms with Crippen LogP contribution in [0.1, 0.15) is 27.8 Å². The molecule has 6 nitrogen and oxygen atoms in total. The number of aryl methyl sites for hydroxylation is 3. The minimum absolute atomic E-state index is 0.00540. The maximum absolute atomic E-state index is 13.7. The SMILES string of the molecule is Cc1ccc(C2=Nc3c(ncnc3S(=O)(=O)c3ccc(C)cc3)S(=O)c3ccc(C)cc32)cc1. The number of aliphatic imine (C=N–C) groups is 1. The van der Waals surface area contributed by atoms with Crippen molar-refractivity contribution < 1.29 is 12.6 Å². The monoisotopic (exact) mass is 487 g/mol. The Morgan fingerprint density at radius 3 is 2.06 bits per heavy atom. The van der Waals surface area contributed by atoms with Crippen LogP contribution in [0.4, 0.5) is 5.69 Å². The summed E-state index contributed by atoms with van der Waals surface area (Å²) in [5, 5.41) is -0.184. The zero-order chi connectivity index (χ0) is 24.0. The van der Waals surface area contributed by atoms with Gasteiger partial charge < -0.3 is 0 Å². The van der Waals surface area contributed by atoms with Crippen LogP contribution in [0.3, 0.4) is 0 Å². The van der Waals surface area contributed by atoms with Gasteiger partial charge in [0.05, 0.1) is 15.5 Å². The van der Waals surface area contributed by atoms with E-state index >= 15 is 0 Å². The number of fused-ring (bicyclic) bond motifs is 2. The van der Waals surface area contributed by atoms with Crippen molar-refractivity contribution in [2.24, 2.45) is 4.99 Å². The Balaban J connectivity index is 1.83. The topological polar surface area (TPSA) is 89.3 Å². The maximum Gasteiger partial charge on any atom is 0.226 e. The quantitative estimate of drug-likeness (QED) is 0.338. The predicted molar refractivity (Wildman–Crippen MR) is 131 cm³/mol. The van der Waals surface area contributed by atoms with Gasteiger partial charge in [-0.15, -0.1) is 0 Å². The van der Waals surface area contributed by atoms with Crippen molar-refractivity contribution in [1.82, 2.24) is 9.97 Å². The molecule has 1 atom stereocenters. The van der Waals surface area contributed by atoms with E-state index in [4.69, 9.17) is 4.99 Å². The lowest BCUT2D eigenvalue weighted by Gasteiger charge is -2.10. The van der Waals surface area contributed by atoms with Gasteiger partial charge in [0, 0.05) is 11.1 Å². The second kappa shape index (κ2) is 8.38. The van der Waals surface area contributed by atoms with E-state index in [2.05, 4.69) is 9.97 Å². The van der Waals surface area contributed by atoms with E-state index in [1.165, 1.54) is 12.1 Å². The number of benzene rings is 3. The molecule has 0 saturated carbocycles. The first-order chi connectivity index (χ1) is 16.3. The summed E-state index contributed by atoms with van der Waals surface area (Å²) in [5.74, 6) is 0. The summed E-state index contributed by atoms with van der Waals surface area (Å²) >= 11 is 0. The van der Waals surface area contributed by atoms with Gasteiger partial charge in [-0.25, -0.2) is 27.6 Å². The summed E-state index contributed by atoms with van der Waals surface area (Å²) in [6.07, 6.45) is 1.14. The van der Waals surface area contributed by atoms with E-state index in [0.717, 1.165) is 28.6 Å². The Labute approximate surface area is 200 Å². The maximum atomic E-state index is 13.7. The fraction of sp³-hybridized carbons (Fsp3) is 0.115. The molecule has 0 spiro atoms. The average molecular weight is 488 g/mol. The zero-order valence-electron chi connectivity index (χ0n) is 18.8. The molecule has 1 unspecified atom stereocenters. The van der Waals surface area contributed by atoms with Crippen LogP contribution in [0.2, 0.25) is 0 Å². The van der Waals surface area contributed by atoms with Crippen LogP contribution in [0.15, 0.2) is 97.9 Å². The Bertz CT molecular complexity index is 1590. The summed E-state index contributed by atoms with van der Waals surface area (Å²) in [4.78, 5) is 13.8. The number of sulfone groups is 1. The third-order valence-corrected chi connectivity index (χ3v) is 8.76. The molecule has 1 aromatic heterocycles.